The van der Waals surface area contributed by atoms with Gasteiger partial charge in [0.25, 0.3) is 0 Å². The fourth-order valence-electron chi connectivity index (χ4n) is 2.77. The molecule has 12 heavy (non-hydrogen) atoms. The predicted octanol–water partition coefficient (Wildman–Crippen LogP) is 3.56. The maximum absolute atomic E-state index is 2.50. The number of thioether (sulfide) groups is 1. The van der Waals surface area contributed by atoms with Gasteiger partial charge in [-0.05, 0) is 42.3 Å². The van der Waals surface area contributed by atoms with Gasteiger partial charge in [-0.2, -0.15) is 11.8 Å². The first kappa shape index (κ1) is 8.93. The fraction of sp³-hybridized carbons (Fsp3) is 1.00. The van der Waals surface area contributed by atoms with Gasteiger partial charge < -0.3 is 0 Å². The molecule has 0 amide bonds. The van der Waals surface area contributed by atoms with Crippen LogP contribution in [0.15, 0.2) is 0 Å². The SMILES string of the molecule is CC(C)C1(C)CC2CCSC2C1. The summed E-state index contributed by atoms with van der Waals surface area (Å²) in [7, 11) is 0. The molecule has 0 N–H and O–H groups in total. The molecule has 1 saturated heterocycles. The summed E-state index contributed by atoms with van der Waals surface area (Å²) in [5.41, 5.74) is 0.669. The second kappa shape index (κ2) is 2.94. The Hall–Kier alpha value is 0.350. The van der Waals surface area contributed by atoms with Gasteiger partial charge in [0.05, 0.1) is 0 Å². The molecule has 1 aliphatic carbocycles. The molecular weight excluding hydrogens is 164 g/mol. The van der Waals surface area contributed by atoms with Crippen LogP contribution in [0.5, 0.6) is 0 Å². The minimum Gasteiger partial charge on any atom is -0.158 e. The van der Waals surface area contributed by atoms with E-state index in [0.29, 0.717) is 5.41 Å². The Balaban J connectivity index is 2.06. The molecule has 0 radical (unpaired) electrons. The van der Waals surface area contributed by atoms with Gasteiger partial charge in [-0.25, -0.2) is 0 Å². The van der Waals surface area contributed by atoms with Crippen LogP contribution in [0.1, 0.15) is 40.0 Å². The molecule has 2 rings (SSSR count). The molecule has 2 aliphatic rings. The highest BCUT2D eigenvalue weighted by atomic mass is 32.2. The van der Waals surface area contributed by atoms with Crippen molar-refractivity contribution in [1.82, 2.24) is 0 Å². The summed E-state index contributed by atoms with van der Waals surface area (Å²) >= 11 is 2.23. The molecule has 1 heterocycles. The minimum atomic E-state index is 0.669. The van der Waals surface area contributed by atoms with E-state index >= 15 is 0 Å². The average molecular weight is 184 g/mol. The van der Waals surface area contributed by atoms with Gasteiger partial charge in [0.15, 0.2) is 0 Å². The molecule has 0 aromatic rings. The Morgan fingerprint density at radius 2 is 2.08 bits per heavy atom. The van der Waals surface area contributed by atoms with Gasteiger partial charge in [0.2, 0.25) is 0 Å². The van der Waals surface area contributed by atoms with Gasteiger partial charge in [-0.15, -0.1) is 0 Å². The van der Waals surface area contributed by atoms with E-state index in [1.54, 1.807) is 0 Å². The van der Waals surface area contributed by atoms with Crippen molar-refractivity contribution in [3.63, 3.8) is 0 Å². The summed E-state index contributed by atoms with van der Waals surface area (Å²) in [4.78, 5) is 0. The van der Waals surface area contributed by atoms with E-state index in [0.717, 1.165) is 17.1 Å². The van der Waals surface area contributed by atoms with Crippen molar-refractivity contribution < 1.29 is 0 Å². The van der Waals surface area contributed by atoms with Gasteiger partial charge in [-0.1, -0.05) is 20.8 Å². The zero-order valence-corrected chi connectivity index (χ0v) is 9.29. The van der Waals surface area contributed by atoms with E-state index in [2.05, 4.69) is 32.5 Å². The number of rotatable bonds is 1. The highest BCUT2D eigenvalue weighted by Gasteiger charge is 2.45. The quantitative estimate of drug-likeness (QED) is 0.600. The average Bonchev–Trinajstić information content (AvgIpc) is 2.44. The monoisotopic (exact) mass is 184 g/mol. The predicted molar refractivity (Wildman–Crippen MR) is 56.5 cm³/mol. The van der Waals surface area contributed by atoms with Gasteiger partial charge in [0.1, 0.15) is 0 Å². The van der Waals surface area contributed by atoms with Crippen molar-refractivity contribution in [3.8, 4) is 0 Å². The summed E-state index contributed by atoms with van der Waals surface area (Å²) in [6.45, 7) is 7.29. The van der Waals surface area contributed by atoms with E-state index in [-0.39, 0.29) is 0 Å². The largest absolute Gasteiger partial charge is 0.158 e. The van der Waals surface area contributed by atoms with E-state index in [1.807, 2.05) is 0 Å². The van der Waals surface area contributed by atoms with Crippen LogP contribution in [0, 0.1) is 17.3 Å². The van der Waals surface area contributed by atoms with E-state index in [1.165, 1.54) is 25.0 Å². The smallest absolute Gasteiger partial charge is 0.00811 e. The van der Waals surface area contributed by atoms with Crippen LogP contribution >= 0.6 is 11.8 Å². The Morgan fingerprint density at radius 1 is 1.33 bits per heavy atom. The molecule has 0 bridgehead atoms. The van der Waals surface area contributed by atoms with Crippen LogP contribution in [0.25, 0.3) is 0 Å². The molecule has 70 valence electrons. The number of hydrogen-bond acceptors (Lipinski definition) is 1. The fourth-order valence-corrected chi connectivity index (χ4v) is 4.51. The summed E-state index contributed by atoms with van der Waals surface area (Å²) in [6.07, 6.45) is 4.49. The zero-order chi connectivity index (χ0) is 8.77. The number of hydrogen-bond donors (Lipinski definition) is 0. The van der Waals surface area contributed by atoms with Crippen LogP contribution in [-0.4, -0.2) is 11.0 Å². The van der Waals surface area contributed by atoms with Crippen LogP contribution < -0.4 is 0 Å². The summed E-state index contributed by atoms with van der Waals surface area (Å²) in [6, 6.07) is 0. The van der Waals surface area contributed by atoms with E-state index in [4.69, 9.17) is 0 Å². The van der Waals surface area contributed by atoms with Crippen molar-refractivity contribution >= 4 is 11.8 Å². The third-order valence-electron chi connectivity index (χ3n) is 4.14. The lowest BCUT2D eigenvalue weighted by Gasteiger charge is -2.29. The molecule has 0 spiro atoms. The van der Waals surface area contributed by atoms with Crippen LogP contribution in [0.3, 0.4) is 0 Å². The van der Waals surface area contributed by atoms with Gasteiger partial charge in [-0.3, -0.25) is 0 Å². The zero-order valence-electron chi connectivity index (χ0n) is 8.47. The summed E-state index contributed by atoms with van der Waals surface area (Å²) in [5.74, 6) is 3.38. The third kappa shape index (κ3) is 1.30. The molecule has 1 heteroatoms. The number of fused-ring (bicyclic) bond motifs is 1. The Kier molecular flexibility index (Phi) is 2.18. The Morgan fingerprint density at radius 3 is 2.67 bits per heavy atom. The molecule has 1 aliphatic heterocycles. The molecule has 3 atom stereocenters. The molecule has 1 saturated carbocycles. The standard InChI is InChI=1S/C11H20S/c1-8(2)11(3)6-9-4-5-12-10(9)7-11/h8-10H,4-7H2,1-3H3. The summed E-state index contributed by atoms with van der Waals surface area (Å²) < 4.78 is 0. The van der Waals surface area contributed by atoms with Crippen molar-refractivity contribution in [2.45, 2.75) is 45.3 Å². The van der Waals surface area contributed by atoms with Crippen LogP contribution in [0.4, 0.5) is 0 Å². The maximum atomic E-state index is 2.50. The second-order valence-electron chi connectivity index (χ2n) is 5.17. The Bertz CT molecular complexity index is 162. The van der Waals surface area contributed by atoms with Crippen molar-refractivity contribution in [3.05, 3.63) is 0 Å². The molecule has 3 unspecified atom stereocenters. The van der Waals surface area contributed by atoms with Crippen LogP contribution in [0.2, 0.25) is 0 Å². The lowest BCUT2D eigenvalue weighted by atomic mass is 9.77. The molecule has 2 fully saturated rings. The lowest BCUT2D eigenvalue weighted by molar-refractivity contribution is 0.217. The Labute approximate surface area is 80.5 Å². The first-order chi connectivity index (χ1) is 5.62. The summed E-state index contributed by atoms with van der Waals surface area (Å²) in [5, 5.41) is 1.03. The highest BCUT2D eigenvalue weighted by molar-refractivity contribution is 8.00. The van der Waals surface area contributed by atoms with Crippen molar-refractivity contribution in [1.29, 1.82) is 0 Å². The normalized spacial score (nSPS) is 47.0. The van der Waals surface area contributed by atoms with Crippen molar-refractivity contribution in [2.24, 2.45) is 17.3 Å². The van der Waals surface area contributed by atoms with Crippen LogP contribution in [-0.2, 0) is 0 Å². The minimum absolute atomic E-state index is 0.669. The first-order valence-corrected chi connectivity index (χ1v) is 6.28. The van der Waals surface area contributed by atoms with Crippen molar-refractivity contribution in [2.75, 3.05) is 5.75 Å². The van der Waals surface area contributed by atoms with Gasteiger partial charge in [0, 0.05) is 5.25 Å². The van der Waals surface area contributed by atoms with E-state index < -0.39 is 0 Å². The lowest BCUT2D eigenvalue weighted by Crippen LogP contribution is -2.20. The topological polar surface area (TPSA) is 0 Å². The molecule has 0 nitrogen and oxygen atoms in total. The second-order valence-corrected chi connectivity index (χ2v) is 6.52. The molecule has 0 aromatic carbocycles. The van der Waals surface area contributed by atoms with E-state index in [9.17, 15) is 0 Å². The maximum Gasteiger partial charge on any atom is 0.00811 e. The molecule has 0 aromatic heterocycles. The highest BCUT2D eigenvalue weighted by Crippen LogP contribution is 2.55. The molecular formula is C11H20S. The first-order valence-electron chi connectivity index (χ1n) is 5.23. The van der Waals surface area contributed by atoms with Gasteiger partial charge >= 0.3 is 0 Å². The third-order valence-corrected chi connectivity index (χ3v) is 5.59.